The van der Waals surface area contributed by atoms with Crippen molar-refractivity contribution in [2.45, 2.75) is 252 Å². The maximum absolute atomic E-state index is 13.1. The van der Waals surface area contributed by atoms with Gasteiger partial charge in [-0.3, -0.25) is 0 Å². The van der Waals surface area contributed by atoms with Crippen LogP contribution in [0.5, 0.6) is 5.75 Å². The zero-order chi connectivity index (χ0) is 84.6. The van der Waals surface area contributed by atoms with E-state index in [0.29, 0.717) is 16.8 Å². The fourth-order valence-electron chi connectivity index (χ4n) is 13.4. The summed E-state index contributed by atoms with van der Waals surface area (Å²) in [6.07, 6.45) is -3.48. The molecule has 1 aliphatic heterocycles. The van der Waals surface area contributed by atoms with Gasteiger partial charge in [-0.05, 0) is 307 Å². The summed E-state index contributed by atoms with van der Waals surface area (Å²) >= 11 is 3.63. The second-order valence-corrected chi connectivity index (χ2v) is 35.0. The minimum absolute atomic E-state index is 0.139. The van der Waals surface area contributed by atoms with E-state index in [4.69, 9.17) is 52.9 Å². The number of esters is 4. The number of nitrogen functional groups attached to an aromatic ring is 1. The van der Waals surface area contributed by atoms with Crippen LogP contribution in [0.2, 0.25) is 0 Å². The third kappa shape index (κ3) is 23.2. The van der Waals surface area contributed by atoms with E-state index in [1.54, 1.807) is 13.0 Å². The first-order valence-corrected chi connectivity index (χ1v) is 38.8. The maximum Gasteiger partial charge on any atom is 0.495 e. The average Bonchev–Trinajstić information content (AvgIpc) is 1.54. The molecule has 1 aliphatic rings. The smallest absolute Gasteiger partial charge is 0.495 e. The average molecular weight is 1600 g/mol. The molecule has 0 spiro atoms. The monoisotopic (exact) mass is 1600 g/mol. The Morgan fingerprint density at radius 2 is 0.616 bits per heavy atom. The second-order valence-electron chi connectivity index (χ2n) is 34.2. The molecule has 9 rings (SSSR count). The highest BCUT2D eigenvalue weighted by Gasteiger charge is 2.53. The molecule has 0 radical (unpaired) electrons. The summed E-state index contributed by atoms with van der Waals surface area (Å²) in [5.41, 5.74) is 27.6. The minimum atomic E-state index is -0.929. The number of aryl methyl sites for hydroxylation is 8. The molecule has 0 bridgehead atoms. The van der Waals surface area contributed by atoms with E-state index in [0.717, 1.165) is 116 Å². The topological polar surface area (TPSA) is 207 Å². The van der Waals surface area contributed by atoms with E-state index in [9.17, 15) is 24.3 Å². The molecule has 8 aromatic rings. The Kier molecular flexibility index (Phi) is 30.7. The first-order chi connectivity index (χ1) is 51.7. The van der Waals surface area contributed by atoms with Gasteiger partial charge in [0.05, 0.1) is 62.0 Å². The van der Waals surface area contributed by atoms with E-state index >= 15 is 0 Å². The number of aromatic hydroxyl groups is 1. The van der Waals surface area contributed by atoms with Crippen molar-refractivity contribution in [3.63, 3.8) is 0 Å². The zero-order valence-electron chi connectivity index (χ0n) is 72.6. The molecule has 16 nitrogen and oxygen atoms in total. The van der Waals surface area contributed by atoms with Crippen LogP contribution in [0.3, 0.4) is 0 Å². The fraction of sp³-hybridized carbons (Fsp3) is 0.447. The molecule has 1 fully saturated rings. The van der Waals surface area contributed by atoms with Gasteiger partial charge in [0.15, 0.2) is 24.4 Å². The van der Waals surface area contributed by atoms with Crippen molar-refractivity contribution in [1.29, 1.82) is 0 Å². The van der Waals surface area contributed by atoms with Crippen LogP contribution < -0.4 is 11.2 Å². The van der Waals surface area contributed by atoms with E-state index in [1.807, 2.05) is 197 Å². The lowest BCUT2D eigenvalue weighted by atomic mass is 9.71. The number of carbonyl (C=O) groups is 4. The van der Waals surface area contributed by atoms with Gasteiger partial charge >= 0.3 is 31.0 Å². The van der Waals surface area contributed by atoms with Gasteiger partial charge < -0.3 is 58.0 Å². The van der Waals surface area contributed by atoms with E-state index in [2.05, 4.69) is 122 Å². The highest BCUT2D eigenvalue weighted by molar-refractivity contribution is 9.10. The Morgan fingerprint density at radius 1 is 0.375 bits per heavy atom. The molecule has 3 N–H and O–H groups in total. The van der Waals surface area contributed by atoms with Crippen molar-refractivity contribution in [3.8, 4) is 50.3 Å². The molecular weight excluding hydrogens is 1470 g/mol. The number of benzene rings is 8. The SMILES string of the molecule is COC(=O)[C@@H](OC(C)(C)C)c1c(C)c(B2OC(C)(C)C(C)(C)O2)cc(C)c1-c1ccc(C)cc1.COC(=O)[C@@H](OC(C)(C)C)c1c(C)c(Br)cc(C)c1-c1ccc(C)cc1.COC(=O)[C@@H](OC(C)(C)C)c1c(C)c(N)cc(C)c1-c1ccc(C)cc1.COC(=O)[C@@H](OC(C)(C)C)c1c(C)c(O)cc(C)c1-c1ccc(C)cc1. The predicted molar refractivity (Wildman–Crippen MR) is 456 cm³/mol. The van der Waals surface area contributed by atoms with E-state index in [-0.39, 0.29) is 5.75 Å². The standard InChI is InChI=1S/C28H39BO5.C22H27BrO3.C22H29NO3.C22H28O4/c1-17-12-14-20(15-13-17)22-18(2)16-21(29-33-27(7,8)28(9,10)34-29)19(3)23(22)24(25(30)31-11)32-26(4,5)6;3*1-13-8-10-16(11-9-13)18-14(2)12-17(23)15(3)19(18)20(21(24)25-7)26-22(4,5)6/h12-16,24H,1-11H3;8-12,20H,1-7H3;8-12,20H,23H2,1-7H3;8-12,20,23H,1-7H3/t24-;3*20-/m0000/s1. The van der Waals surface area contributed by atoms with Crippen molar-refractivity contribution in [3.05, 3.63) is 215 Å². The fourth-order valence-corrected chi connectivity index (χ4v) is 14.0. The zero-order valence-corrected chi connectivity index (χ0v) is 74.1. The lowest BCUT2D eigenvalue weighted by Crippen LogP contribution is -2.41. The van der Waals surface area contributed by atoms with Crippen molar-refractivity contribution in [1.82, 2.24) is 0 Å². The first-order valence-electron chi connectivity index (χ1n) is 38.0. The van der Waals surface area contributed by atoms with Crippen LogP contribution in [0.1, 0.15) is 224 Å². The number of rotatable bonds is 17. The normalized spacial score (nSPS) is 14.4. The molecular formula is C94H123BBrNO15. The molecule has 1 saturated heterocycles. The number of phenols is 1. The Balaban J connectivity index is 0.000000235. The van der Waals surface area contributed by atoms with Crippen LogP contribution in [0.15, 0.2) is 126 Å². The van der Waals surface area contributed by atoms with Gasteiger partial charge in [0.25, 0.3) is 0 Å². The Bertz CT molecular complexity index is 4300. The van der Waals surface area contributed by atoms with Gasteiger partial charge in [-0.2, -0.15) is 0 Å². The summed E-state index contributed by atoms with van der Waals surface area (Å²) in [6, 6.07) is 40.8. The molecule has 112 heavy (non-hydrogen) atoms. The summed E-state index contributed by atoms with van der Waals surface area (Å²) in [5.74, 6) is -1.60. The maximum atomic E-state index is 13.1. The van der Waals surface area contributed by atoms with Crippen LogP contribution in [0, 0.1) is 83.1 Å². The highest BCUT2D eigenvalue weighted by Crippen LogP contribution is 2.46. The summed E-state index contributed by atoms with van der Waals surface area (Å²) in [7, 11) is 4.96. The van der Waals surface area contributed by atoms with Crippen LogP contribution >= 0.6 is 15.9 Å². The molecule has 0 aliphatic carbocycles. The minimum Gasteiger partial charge on any atom is -0.508 e. The number of hydrogen-bond donors (Lipinski definition) is 2. The molecule has 0 unspecified atom stereocenters. The molecule has 604 valence electrons. The number of halogens is 1. The van der Waals surface area contributed by atoms with Gasteiger partial charge in [0.1, 0.15) is 5.75 Å². The Hall–Kier alpha value is -8.46. The molecule has 18 heteroatoms. The second kappa shape index (κ2) is 37.2. The number of nitrogens with two attached hydrogens (primary N) is 1. The lowest BCUT2D eigenvalue weighted by molar-refractivity contribution is -0.164. The number of carbonyl (C=O) groups excluding carboxylic acids is 4. The van der Waals surface area contributed by atoms with Crippen LogP contribution in [0.25, 0.3) is 44.5 Å². The van der Waals surface area contributed by atoms with Crippen molar-refractivity contribution in [2.24, 2.45) is 0 Å². The van der Waals surface area contributed by atoms with Crippen LogP contribution in [-0.2, 0) is 66.4 Å². The summed E-state index contributed by atoms with van der Waals surface area (Å²) in [4.78, 5) is 50.9. The number of phenolic OH excluding ortho intramolecular Hbond substituents is 1. The number of methoxy groups -OCH3 is 4. The molecule has 4 atom stereocenters. The van der Waals surface area contributed by atoms with Gasteiger partial charge in [-0.15, -0.1) is 0 Å². The number of hydrogen-bond acceptors (Lipinski definition) is 16. The van der Waals surface area contributed by atoms with Gasteiger partial charge in [0.2, 0.25) is 0 Å². The van der Waals surface area contributed by atoms with Crippen molar-refractivity contribution < 1.29 is 71.5 Å². The van der Waals surface area contributed by atoms with Gasteiger partial charge in [0, 0.05) is 32.4 Å². The van der Waals surface area contributed by atoms with Crippen molar-refractivity contribution in [2.75, 3.05) is 34.2 Å². The van der Waals surface area contributed by atoms with Gasteiger partial charge in [-0.1, -0.05) is 141 Å². The third-order valence-corrected chi connectivity index (χ3v) is 20.6. The molecule has 1 heterocycles. The summed E-state index contributed by atoms with van der Waals surface area (Å²) < 4.78 is 58.8. The molecule has 0 amide bonds. The Labute approximate surface area is 676 Å². The largest absolute Gasteiger partial charge is 0.508 e. The van der Waals surface area contributed by atoms with E-state index < -0.39 is 89.0 Å². The highest BCUT2D eigenvalue weighted by atomic mass is 79.9. The first kappa shape index (κ1) is 92.4. The van der Waals surface area contributed by atoms with Gasteiger partial charge in [-0.25, -0.2) is 19.2 Å². The molecule has 8 aromatic carbocycles. The number of anilines is 1. The van der Waals surface area contributed by atoms with Crippen LogP contribution in [-0.4, -0.2) is 98.1 Å². The Morgan fingerprint density at radius 3 is 0.893 bits per heavy atom. The summed E-state index contributed by atoms with van der Waals surface area (Å²) in [6.45, 7) is 55.2. The predicted octanol–water partition coefficient (Wildman–Crippen LogP) is 21.6. The van der Waals surface area contributed by atoms with E-state index in [1.165, 1.54) is 45.1 Å². The molecule has 0 aromatic heterocycles. The quantitative estimate of drug-likeness (QED) is 0.0376. The lowest BCUT2D eigenvalue weighted by Gasteiger charge is -2.32. The molecule has 0 saturated carbocycles. The third-order valence-electron chi connectivity index (χ3n) is 19.8. The van der Waals surface area contributed by atoms with Crippen LogP contribution in [0.4, 0.5) is 5.69 Å². The number of ether oxygens (including phenoxy) is 8. The van der Waals surface area contributed by atoms with Crippen molar-refractivity contribution >= 4 is 58.1 Å². The summed E-state index contributed by atoms with van der Waals surface area (Å²) in [5, 5.41) is 10.4.